The van der Waals surface area contributed by atoms with Gasteiger partial charge in [-0.15, -0.1) is 0 Å². The highest BCUT2D eigenvalue weighted by Gasteiger charge is 2.28. The van der Waals surface area contributed by atoms with Crippen molar-refractivity contribution in [1.29, 1.82) is 0 Å². The molecule has 1 aliphatic rings. The summed E-state index contributed by atoms with van der Waals surface area (Å²) < 4.78 is 36.6. The number of sulfonamides is 1. The van der Waals surface area contributed by atoms with Gasteiger partial charge in [0.05, 0.1) is 12.9 Å². The smallest absolute Gasteiger partial charge is 0.260 e. The standard InChI is InChI=1S/C17H26N2O5S/c1-3-4-13-25(21,22)19-11-9-18(10-12-19)17(20)14-24-16-8-6-5-7-15(16)23-2/h5-8H,3-4,9-14H2,1-2H3. The lowest BCUT2D eigenvalue weighted by Gasteiger charge is -2.34. The number of piperazine rings is 1. The third-order valence-electron chi connectivity index (χ3n) is 4.16. The predicted molar refractivity (Wildman–Crippen MR) is 95.3 cm³/mol. The van der Waals surface area contributed by atoms with Gasteiger partial charge in [-0.05, 0) is 18.6 Å². The molecule has 1 saturated heterocycles. The van der Waals surface area contributed by atoms with Gasteiger partial charge in [-0.2, -0.15) is 4.31 Å². The van der Waals surface area contributed by atoms with E-state index >= 15 is 0 Å². The Morgan fingerprint density at radius 2 is 1.76 bits per heavy atom. The zero-order chi connectivity index (χ0) is 18.3. The van der Waals surface area contributed by atoms with Gasteiger partial charge in [0.25, 0.3) is 5.91 Å². The Labute approximate surface area is 149 Å². The zero-order valence-corrected chi connectivity index (χ0v) is 15.6. The lowest BCUT2D eigenvalue weighted by atomic mass is 10.3. The molecule has 7 nitrogen and oxygen atoms in total. The van der Waals surface area contributed by atoms with Crippen LogP contribution < -0.4 is 9.47 Å². The normalized spacial score (nSPS) is 15.8. The summed E-state index contributed by atoms with van der Waals surface area (Å²) in [4.78, 5) is 13.9. The van der Waals surface area contributed by atoms with Crippen molar-refractivity contribution in [1.82, 2.24) is 9.21 Å². The highest BCUT2D eigenvalue weighted by Crippen LogP contribution is 2.25. The second-order valence-electron chi connectivity index (χ2n) is 5.89. The molecule has 8 heteroatoms. The number of hydrogen-bond donors (Lipinski definition) is 0. The van der Waals surface area contributed by atoms with Crippen LogP contribution in [0.1, 0.15) is 19.8 Å². The molecular formula is C17H26N2O5S. The molecular weight excluding hydrogens is 344 g/mol. The first kappa shape index (κ1) is 19.5. The number of hydrogen-bond acceptors (Lipinski definition) is 5. The van der Waals surface area contributed by atoms with Crippen molar-refractivity contribution in [3.05, 3.63) is 24.3 Å². The third kappa shape index (κ3) is 5.34. The number of ether oxygens (including phenoxy) is 2. The number of unbranched alkanes of at least 4 members (excludes halogenated alkanes) is 1. The van der Waals surface area contributed by atoms with Crippen molar-refractivity contribution < 1.29 is 22.7 Å². The summed E-state index contributed by atoms with van der Waals surface area (Å²) in [5, 5.41) is 0. The number of rotatable bonds is 8. The van der Waals surface area contributed by atoms with Crippen LogP contribution in [0.2, 0.25) is 0 Å². The van der Waals surface area contributed by atoms with Crippen LogP contribution >= 0.6 is 0 Å². The minimum atomic E-state index is -3.21. The predicted octanol–water partition coefficient (Wildman–Crippen LogP) is 1.35. The maximum atomic E-state index is 12.3. The third-order valence-corrected chi connectivity index (χ3v) is 6.12. The Morgan fingerprint density at radius 3 is 2.36 bits per heavy atom. The molecule has 0 aliphatic carbocycles. The summed E-state index contributed by atoms with van der Waals surface area (Å²) in [7, 11) is -1.67. The van der Waals surface area contributed by atoms with Gasteiger partial charge in [0.15, 0.2) is 18.1 Å². The zero-order valence-electron chi connectivity index (χ0n) is 14.8. The minimum absolute atomic E-state index is 0.0943. The summed E-state index contributed by atoms with van der Waals surface area (Å²) >= 11 is 0. The van der Waals surface area contributed by atoms with Gasteiger partial charge in [-0.3, -0.25) is 4.79 Å². The average Bonchev–Trinajstić information content (AvgIpc) is 2.64. The molecule has 1 heterocycles. The highest BCUT2D eigenvalue weighted by atomic mass is 32.2. The Bertz CT molecular complexity index is 669. The first-order valence-corrected chi connectivity index (χ1v) is 10.1. The Kier molecular flexibility index (Phi) is 7.07. The average molecular weight is 370 g/mol. The van der Waals surface area contributed by atoms with Gasteiger partial charge < -0.3 is 14.4 Å². The summed E-state index contributed by atoms with van der Waals surface area (Å²) in [5.41, 5.74) is 0. The quantitative estimate of drug-likeness (QED) is 0.690. The molecule has 1 aliphatic heterocycles. The van der Waals surface area contributed by atoms with Crippen LogP contribution in [-0.4, -0.2) is 69.2 Å². The first-order chi connectivity index (χ1) is 12.0. The summed E-state index contributed by atoms with van der Waals surface area (Å²) in [6.07, 6.45) is 1.51. The Balaban J connectivity index is 1.83. The monoisotopic (exact) mass is 370 g/mol. The SMILES string of the molecule is CCCCS(=O)(=O)N1CCN(C(=O)COc2ccccc2OC)CC1. The van der Waals surface area contributed by atoms with Gasteiger partial charge >= 0.3 is 0 Å². The number of methoxy groups -OCH3 is 1. The largest absolute Gasteiger partial charge is 0.493 e. The molecule has 0 radical (unpaired) electrons. The summed E-state index contributed by atoms with van der Waals surface area (Å²) in [5.74, 6) is 1.10. The molecule has 0 bridgehead atoms. The molecule has 2 rings (SSSR count). The molecule has 140 valence electrons. The van der Waals surface area contributed by atoms with E-state index in [-0.39, 0.29) is 18.3 Å². The number of benzene rings is 1. The van der Waals surface area contributed by atoms with Crippen molar-refractivity contribution in [3.8, 4) is 11.5 Å². The lowest BCUT2D eigenvalue weighted by molar-refractivity contribution is -0.134. The maximum Gasteiger partial charge on any atom is 0.260 e. The number of para-hydroxylation sites is 2. The molecule has 1 aromatic carbocycles. The van der Waals surface area contributed by atoms with E-state index in [9.17, 15) is 13.2 Å². The van der Waals surface area contributed by atoms with Gasteiger partial charge in [0, 0.05) is 26.2 Å². The number of carbonyl (C=O) groups excluding carboxylic acids is 1. The molecule has 0 atom stereocenters. The molecule has 25 heavy (non-hydrogen) atoms. The lowest BCUT2D eigenvalue weighted by Crippen LogP contribution is -2.52. The number of amides is 1. The molecule has 1 amide bonds. The second kappa shape index (κ2) is 9.05. The van der Waals surface area contributed by atoms with E-state index in [2.05, 4.69) is 0 Å². The fraction of sp³-hybridized carbons (Fsp3) is 0.588. The van der Waals surface area contributed by atoms with Crippen molar-refractivity contribution >= 4 is 15.9 Å². The molecule has 0 unspecified atom stereocenters. The summed E-state index contributed by atoms with van der Waals surface area (Å²) in [6.45, 7) is 3.33. The van der Waals surface area contributed by atoms with Crippen LogP contribution in [0.3, 0.4) is 0 Å². The topological polar surface area (TPSA) is 76.2 Å². The highest BCUT2D eigenvalue weighted by molar-refractivity contribution is 7.89. The van der Waals surface area contributed by atoms with Crippen LogP contribution in [-0.2, 0) is 14.8 Å². The van der Waals surface area contributed by atoms with Crippen LogP contribution in [0, 0.1) is 0 Å². The van der Waals surface area contributed by atoms with E-state index in [1.54, 1.807) is 24.1 Å². The minimum Gasteiger partial charge on any atom is -0.493 e. The van der Waals surface area contributed by atoms with E-state index < -0.39 is 10.0 Å². The van der Waals surface area contributed by atoms with Crippen LogP contribution in [0.4, 0.5) is 0 Å². The van der Waals surface area contributed by atoms with Crippen LogP contribution in [0.25, 0.3) is 0 Å². The van der Waals surface area contributed by atoms with E-state index in [0.29, 0.717) is 44.1 Å². The van der Waals surface area contributed by atoms with Gasteiger partial charge in [-0.25, -0.2) is 8.42 Å². The second-order valence-corrected chi connectivity index (χ2v) is 7.98. The fourth-order valence-corrected chi connectivity index (χ4v) is 4.27. The van der Waals surface area contributed by atoms with E-state index in [1.165, 1.54) is 4.31 Å². The molecule has 0 aromatic heterocycles. The maximum absolute atomic E-state index is 12.3. The van der Waals surface area contributed by atoms with Gasteiger partial charge in [0.1, 0.15) is 0 Å². The molecule has 1 fully saturated rings. The van der Waals surface area contributed by atoms with Crippen molar-refractivity contribution in [2.45, 2.75) is 19.8 Å². The number of carbonyl (C=O) groups is 1. The van der Waals surface area contributed by atoms with E-state index in [1.807, 2.05) is 19.1 Å². The van der Waals surface area contributed by atoms with Gasteiger partial charge in [-0.1, -0.05) is 25.5 Å². The number of nitrogens with zero attached hydrogens (tertiary/aromatic N) is 2. The van der Waals surface area contributed by atoms with E-state index in [0.717, 1.165) is 6.42 Å². The van der Waals surface area contributed by atoms with Crippen molar-refractivity contribution in [3.63, 3.8) is 0 Å². The Hall–Kier alpha value is -1.80. The van der Waals surface area contributed by atoms with E-state index in [4.69, 9.17) is 9.47 Å². The Morgan fingerprint density at radius 1 is 1.12 bits per heavy atom. The van der Waals surface area contributed by atoms with Crippen molar-refractivity contribution in [2.24, 2.45) is 0 Å². The van der Waals surface area contributed by atoms with Gasteiger partial charge in [0.2, 0.25) is 10.0 Å². The summed E-state index contributed by atoms with van der Waals surface area (Å²) in [6, 6.07) is 7.14. The first-order valence-electron chi connectivity index (χ1n) is 8.49. The fourth-order valence-electron chi connectivity index (χ4n) is 2.64. The van der Waals surface area contributed by atoms with Crippen LogP contribution in [0.5, 0.6) is 11.5 Å². The molecule has 0 spiro atoms. The molecule has 0 N–H and O–H groups in total. The van der Waals surface area contributed by atoms with Crippen LogP contribution in [0.15, 0.2) is 24.3 Å². The molecule has 1 aromatic rings. The van der Waals surface area contributed by atoms with Crippen molar-refractivity contribution in [2.75, 3.05) is 45.6 Å². The molecule has 0 saturated carbocycles.